The molecule has 0 fully saturated rings. The van der Waals surface area contributed by atoms with Gasteiger partial charge in [0.1, 0.15) is 0 Å². The van der Waals surface area contributed by atoms with Gasteiger partial charge in [0.2, 0.25) is 0 Å². The molecule has 0 atom stereocenters. The largest absolute Gasteiger partial charge is 0.398 e. The maximum atomic E-state index is 8.14. The Labute approximate surface area is 127 Å². The Balaban J connectivity index is 2.37. The molecule has 0 saturated carbocycles. The molecule has 0 aliphatic rings. The Morgan fingerprint density at radius 3 is 1.89 bits per heavy atom. The van der Waals surface area contributed by atoms with Crippen LogP contribution in [0.25, 0.3) is 22.3 Å². The van der Waals surface area contributed by atoms with E-state index in [0.29, 0.717) is 0 Å². The van der Waals surface area contributed by atoms with Crippen LogP contribution in [0.5, 0.6) is 0 Å². The van der Waals surface area contributed by atoms with E-state index in [0.717, 1.165) is 0 Å². The van der Waals surface area contributed by atoms with E-state index >= 15 is 0 Å². The fourth-order valence-electron chi connectivity index (χ4n) is 1.71. The monoisotopic (exact) mass is 255 g/mol. The van der Waals surface area contributed by atoms with Crippen LogP contribution in [-0.2, 0) is 0 Å². The van der Waals surface area contributed by atoms with Crippen molar-refractivity contribution >= 4 is 5.69 Å². The Morgan fingerprint density at radius 1 is 0.684 bits per heavy atom. The van der Waals surface area contributed by atoms with Gasteiger partial charge in [0.05, 0.1) is 13.7 Å². The Morgan fingerprint density at radius 2 is 1.26 bits per heavy atom. The molecule has 2 N–H and O–H groups in total. The molecule has 0 aromatic heterocycles. The first-order valence-electron chi connectivity index (χ1n) is 10.5. The quantitative estimate of drug-likeness (QED) is 0.665. The third kappa shape index (κ3) is 2.36. The maximum absolute atomic E-state index is 8.14. The van der Waals surface area contributed by atoms with Crippen LogP contribution in [0.1, 0.15) is 13.7 Å². The molecular weight excluding hydrogens is 230 g/mol. The summed E-state index contributed by atoms with van der Waals surface area (Å²) in [4.78, 5) is 0. The van der Waals surface area contributed by atoms with Crippen molar-refractivity contribution in [1.29, 1.82) is 0 Å². The first kappa shape index (κ1) is 4.86. The Hall–Kier alpha value is -2.54. The minimum absolute atomic E-state index is 0.0652. The molecule has 92 valence electrons. The van der Waals surface area contributed by atoms with Crippen molar-refractivity contribution in [1.82, 2.24) is 0 Å². The van der Waals surface area contributed by atoms with Crippen LogP contribution >= 0.6 is 0 Å². The average Bonchev–Trinajstić information content (AvgIpc) is 2.70. The van der Waals surface area contributed by atoms with Crippen molar-refractivity contribution in [3.05, 3.63) is 78.6 Å². The zero-order valence-corrected chi connectivity index (χ0v) is 9.81. The predicted octanol–water partition coefficient (Wildman–Crippen LogP) is 4.60. The van der Waals surface area contributed by atoms with E-state index in [9.17, 15) is 0 Å². The highest BCUT2D eigenvalue weighted by molar-refractivity contribution is 5.81. The van der Waals surface area contributed by atoms with E-state index in [1.807, 2.05) is 0 Å². The second-order valence-electron chi connectivity index (χ2n) is 3.80. The molecule has 0 spiro atoms. The van der Waals surface area contributed by atoms with E-state index in [1.165, 1.54) is 18.2 Å². The zero-order valence-electron chi connectivity index (χ0n) is 19.8. The summed E-state index contributed by atoms with van der Waals surface area (Å²) in [6, 6.07) is -0.561. The molecule has 3 aromatic rings. The van der Waals surface area contributed by atoms with Gasteiger partial charge in [0.15, 0.2) is 0 Å². The van der Waals surface area contributed by atoms with E-state index in [2.05, 4.69) is 0 Å². The van der Waals surface area contributed by atoms with Gasteiger partial charge in [-0.1, -0.05) is 66.5 Å². The van der Waals surface area contributed by atoms with Crippen LogP contribution in [0.15, 0.2) is 78.6 Å². The molecule has 0 aliphatic carbocycles. The standard InChI is InChI=1S/C18H15N/c19-18-12-11-16(14-7-3-1-4-8-14)13-17(18)15-9-5-2-6-10-15/h1-13H,19H2/i1D,2D,3D,4D,5D,6D,7D,8D,9D,10D. The lowest BCUT2D eigenvalue weighted by atomic mass is 9.98. The zero-order chi connectivity index (χ0) is 21.8. The van der Waals surface area contributed by atoms with Crippen molar-refractivity contribution in [2.45, 2.75) is 0 Å². The third-order valence-electron chi connectivity index (χ3n) is 2.61. The van der Waals surface area contributed by atoms with Gasteiger partial charge in [-0.05, 0) is 28.8 Å². The van der Waals surface area contributed by atoms with Crippen LogP contribution in [0.4, 0.5) is 5.69 Å². The molecule has 0 bridgehead atoms. The molecule has 19 heavy (non-hydrogen) atoms. The smallest absolute Gasteiger partial charge is 0.0629 e. The highest BCUT2D eigenvalue weighted by atomic mass is 14.6. The maximum Gasteiger partial charge on any atom is 0.0629 e. The molecule has 0 radical (unpaired) electrons. The highest BCUT2D eigenvalue weighted by Crippen LogP contribution is 2.30. The summed E-state index contributed by atoms with van der Waals surface area (Å²) in [7, 11) is 0. The van der Waals surface area contributed by atoms with Gasteiger partial charge in [-0.3, -0.25) is 0 Å². The Bertz CT molecular complexity index is 1110. The van der Waals surface area contributed by atoms with Crippen molar-refractivity contribution < 1.29 is 13.7 Å². The summed E-state index contributed by atoms with van der Waals surface area (Å²) in [5.74, 6) is 0. The van der Waals surface area contributed by atoms with Crippen molar-refractivity contribution in [2.24, 2.45) is 0 Å². The summed E-state index contributed by atoms with van der Waals surface area (Å²) in [6.07, 6.45) is 0. The van der Waals surface area contributed by atoms with Crippen LogP contribution in [0.2, 0.25) is 0 Å². The molecule has 3 aromatic carbocycles. The van der Waals surface area contributed by atoms with Crippen LogP contribution in [-0.4, -0.2) is 0 Å². The minimum Gasteiger partial charge on any atom is -0.398 e. The van der Waals surface area contributed by atoms with E-state index in [4.69, 9.17) is 19.4 Å². The lowest BCUT2D eigenvalue weighted by molar-refractivity contribution is 1.58. The number of hydrogen-bond donors (Lipinski definition) is 1. The molecular formula is C18H15N. The van der Waals surface area contributed by atoms with Gasteiger partial charge in [-0.2, -0.15) is 0 Å². The number of hydrogen-bond acceptors (Lipinski definition) is 1. The Kier molecular flexibility index (Phi) is 1.27. The third-order valence-corrected chi connectivity index (χ3v) is 2.61. The summed E-state index contributed by atoms with van der Waals surface area (Å²) in [5.41, 5.74) is 6.28. The van der Waals surface area contributed by atoms with Gasteiger partial charge in [0.25, 0.3) is 0 Å². The molecule has 0 aliphatic heterocycles. The average molecular weight is 255 g/mol. The fourth-order valence-corrected chi connectivity index (χ4v) is 1.71. The van der Waals surface area contributed by atoms with Crippen molar-refractivity contribution in [3.63, 3.8) is 0 Å². The van der Waals surface area contributed by atoms with E-state index in [-0.39, 0.29) is 27.9 Å². The summed E-state index contributed by atoms with van der Waals surface area (Å²) in [6.45, 7) is 0. The van der Waals surface area contributed by atoms with Crippen LogP contribution < -0.4 is 5.73 Å². The number of nitrogen functional groups attached to an aromatic ring is 1. The van der Waals surface area contributed by atoms with Crippen LogP contribution in [0, 0.1) is 0 Å². The molecule has 3 rings (SSSR count). The lowest BCUT2D eigenvalue weighted by Crippen LogP contribution is -1.90. The van der Waals surface area contributed by atoms with Gasteiger partial charge >= 0.3 is 0 Å². The van der Waals surface area contributed by atoms with Gasteiger partial charge in [0, 0.05) is 11.3 Å². The molecule has 0 saturated heterocycles. The van der Waals surface area contributed by atoms with Crippen molar-refractivity contribution in [3.8, 4) is 22.3 Å². The second-order valence-corrected chi connectivity index (χ2v) is 3.80. The molecule has 1 heteroatoms. The van der Waals surface area contributed by atoms with Crippen LogP contribution in [0.3, 0.4) is 0 Å². The predicted molar refractivity (Wildman–Crippen MR) is 81.7 cm³/mol. The first-order chi connectivity index (χ1) is 13.5. The molecule has 0 heterocycles. The number of benzene rings is 3. The summed E-state index contributed by atoms with van der Waals surface area (Å²) < 4.78 is 79.3. The molecule has 1 nitrogen and oxygen atoms in total. The van der Waals surface area contributed by atoms with Gasteiger partial charge in [-0.15, -0.1) is 0 Å². The normalized spacial score (nSPS) is 17.7. The van der Waals surface area contributed by atoms with Gasteiger partial charge in [-0.25, -0.2) is 0 Å². The summed E-state index contributed by atoms with van der Waals surface area (Å²) in [5, 5.41) is 0. The summed E-state index contributed by atoms with van der Waals surface area (Å²) >= 11 is 0. The lowest BCUT2D eigenvalue weighted by Gasteiger charge is -2.09. The molecule has 0 amide bonds. The van der Waals surface area contributed by atoms with E-state index < -0.39 is 60.4 Å². The van der Waals surface area contributed by atoms with Gasteiger partial charge < -0.3 is 5.73 Å². The van der Waals surface area contributed by atoms with Crippen molar-refractivity contribution in [2.75, 3.05) is 5.73 Å². The number of anilines is 1. The highest BCUT2D eigenvalue weighted by Gasteiger charge is 2.04. The fraction of sp³-hybridized carbons (Fsp3) is 0. The number of rotatable bonds is 2. The first-order valence-corrected chi connectivity index (χ1v) is 5.53. The van der Waals surface area contributed by atoms with E-state index in [1.54, 1.807) is 0 Å². The number of nitrogens with two attached hydrogens (primary N) is 1. The second kappa shape index (κ2) is 4.99. The topological polar surface area (TPSA) is 26.0 Å². The molecule has 0 unspecified atom stereocenters. The minimum atomic E-state index is -0.538. The SMILES string of the molecule is [2H]c1c([2H])c([2H])c(-c2ccc(N)c(-c3c([2H])c([2H])c([2H])c([2H])c3[2H])c2)c([2H])c1[2H].